The Bertz CT molecular complexity index is 884. The average molecular weight is 347 g/mol. The maximum atomic E-state index is 12.6. The Morgan fingerprint density at radius 2 is 1.50 bits per heavy atom. The highest BCUT2D eigenvalue weighted by molar-refractivity contribution is 5.98. The minimum Gasteiger partial charge on any atom is -0.348 e. The number of quaternary nitrogens is 1. The van der Waals surface area contributed by atoms with Crippen LogP contribution in [0.2, 0.25) is 0 Å². The summed E-state index contributed by atoms with van der Waals surface area (Å²) in [5, 5.41) is 5.32. The zero-order valence-corrected chi connectivity index (χ0v) is 15.6. The first-order valence-corrected chi connectivity index (χ1v) is 9.38. The van der Waals surface area contributed by atoms with Crippen molar-refractivity contribution in [2.45, 2.75) is 26.9 Å². The van der Waals surface area contributed by atoms with Gasteiger partial charge in [-0.3, -0.25) is 4.79 Å². The summed E-state index contributed by atoms with van der Waals surface area (Å²) in [5.41, 5.74) is 3.21. The number of hydrogen-bond donors (Lipinski definition) is 2. The van der Waals surface area contributed by atoms with E-state index in [4.69, 9.17) is 0 Å². The summed E-state index contributed by atoms with van der Waals surface area (Å²) in [6.45, 7) is 8.19. The second-order valence-corrected chi connectivity index (χ2v) is 6.65. The fourth-order valence-electron chi connectivity index (χ4n) is 3.28. The van der Waals surface area contributed by atoms with Crippen LogP contribution in [0.25, 0.3) is 10.8 Å². The molecule has 1 amide bonds. The van der Waals surface area contributed by atoms with Crippen LogP contribution in [0.4, 0.5) is 0 Å². The molecule has 0 heterocycles. The highest BCUT2D eigenvalue weighted by atomic mass is 16.1. The lowest BCUT2D eigenvalue weighted by molar-refractivity contribution is -0.910. The molecule has 0 atom stereocenters. The third-order valence-electron chi connectivity index (χ3n) is 5.01. The Kier molecular flexibility index (Phi) is 6.03. The van der Waals surface area contributed by atoms with E-state index in [0.717, 1.165) is 30.4 Å². The van der Waals surface area contributed by atoms with Gasteiger partial charge >= 0.3 is 0 Å². The van der Waals surface area contributed by atoms with Gasteiger partial charge in [0.05, 0.1) is 13.1 Å². The highest BCUT2D eigenvalue weighted by Gasteiger charge is 2.11. The van der Waals surface area contributed by atoms with Crippen molar-refractivity contribution in [1.29, 1.82) is 0 Å². The maximum absolute atomic E-state index is 12.6. The number of amides is 1. The molecule has 3 aromatic carbocycles. The quantitative estimate of drug-likeness (QED) is 0.676. The molecule has 0 aromatic heterocycles. The third-order valence-corrected chi connectivity index (χ3v) is 5.01. The number of nitrogens with one attached hydrogen (secondary N) is 2. The molecule has 0 unspecified atom stereocenters. The van der Waals surface area contributed by atoms with Gasteiger partial charge in [-0.1, -0.05) is 54.6 Å². The molecule has 26 heavy (non-hydrogen) atoms. The molecule has 0 radical (unpaired) electrons. The zero-order valence-electron chi connectivity index (χ0n) is 15.6. The highest BCUT2D eigenvalue weighted by Crippen LogP contribution is 2.16. The summed E-state index contributed by atoms with van der Waals surface area (Å²) in [6.07, 6.45) is 0. The van der Waals surface area contributed by atoms with Crippen molar-refractivity contribution in [3.05, 3.63) is 83.4 Å². The zero-order chi connectivity index (χ0) is 18.4. The van der Waals surface area contributed by atoms with Crippen LogP contribution < -0.4 is 10.2 Å². The summed E-state index contributed by atoms with van der Waals surface area (Å²) >= 11 is 0. The monoisotopic (exact) mass is 347 g/mol. The van der Waals surface area contributed by atoms with Crippen molar-refractivity contribution in [3.8, 4) is 0 Å². The van der Waals surface area contributed by atoms with Gasteiger partial charge in [-0.15, -0.1) is 0 Å². The molecule has 0 aliphatic carbocycles. The predicted molar refractivity (Wildman–Crippen MR) is 107 cm³/mol. The van der Waals surface area contributed by atoms with Crippen LogP contribution in [0, 0.1) is 0 Å². The molecule has 134 valence electrons. The number of rotatable bonds is 7. The first-order chi connectivity index (χ1) is 12.7. The third kappa shape index (κ3) is 4.30. The molecule has 0 fully saturated rings. The van der Waals surface area contributed by atoms with Crippen LogP contribution in [0.1, 0.15) is 35.3 Å². The van der Waals surface area contributed by atoms with Crippen LogP contribution >= 0.6 is 0 Å². The van der Waals surface area contributed by atoms with Gasteiger partial charge in [-0.05, 0) is 42.3 Å². The van der Waals surface area contributed by atoms with Gasteiger partial charge in [0.1, 0.15) is 6.54 Å². The average Bonchev–Trinajstić information content (AvgIpc) is 2.70. The van der Waals surface area contributed by atoms with Crippen LogP contribution in [-0.4, -0.2) is 19.0 Å². The summed E-state index contributed by atoms with van der Waals surface area (Å²) < 4.78 is 0. The molecule has 3 heteroatoms. The van der Waals surface area contributed by atoms with E-state index in [-0.39, 0.29) is 5.91 Å². The largest absolute Gasteiger partial charge is 0.348 e. The van der Waals surface area contributed by atoms with E-state index in [2.05, 4.69) is 43.4 Å². The summed E-state index contributed by atoms with van der Waals surface area (Å²) in [5.74, 6) is -0.0271. The van der Waals surface area contributed by atoms with Crippen LogP contribution in [0.15, 0.2) is 66.7 Å². The van der Waals surface area contributed by atoms with E-state index >= 15 is 0 Å². The van der Waals surface area contributed by atoms with E-state index in [0.29, 0.717) is 12.1 Å². The van der Waals surface area contributed by atoms with Crippen molar-refractivity contribution in [2.75, 3.05) is 13.1 Å². The Labute approximate surface area is 155 Å². The number of carbonyl (C=O) groups excluding carboxylic acids is 1. The molecule has 0 saturated heterocycles. The van der Waals surface area contributed by atoms with Gasteiger partial charge in [-0.2, -0.15) is 0 Å². The minimum atomic E-state index is -0.0271. The Morgan fingerprint density at radius 1 is 0.846 bits per heavy atom. The molecule has 3 aromatic rings. The molecular weight excluding hydrogens is 320 g/mol. The Hall–Kier alpha value is -2.65. The number of carbonyl (C=O) groups is 1. The molecule has 3 nitrogen and oxygen atoms in total. The van der Waals surface area contributed by atoms with Crippen molar-refractivity contribution in [3.63, 3.8) is 0 Å². The summed E-state index contributed by atoms with van der Waals surface area (Å²) in [7, 11) is 0. The summed E-state index contributed by atoms with van der Waals surface area (Å²) in [6, 6.07) is 22.3. The molecule has 0 spiro atoms. The summed E-state index contributed by atoms with van der Waals surface area (Å²) in [4.78, 5) is 14.1. The molecule has 3 rings (SSSR count). The predicted octanol–water partition coefficient (Wildman–Crippen LogP) is 3.19. The van der Waals surface area contributed by atoms with E-state index in [1.807, 2.05) is 42.5 Å². The first kappa shape index (κ1) is 18.2. The molecule has 0 saturated carbocycles. The maximum Gasteiger partial charge on any atom is 0.251 e. The topological polar surface area (TPSA) is 33.5 Å². The van der Waals surface area contributed by atoms with E-state index in [1.54, 1.807) is 4.90 Å². The molecule has 0 aliphatic rings. The van der Waals surface area contributed by atoms with Crippen LogP contribution in [-0.2, 0) is 13.1 Å². The number of fused-ring (bicyclic) bond motifs is 1. The smallest absolute Gasteiger partial charge is 0.251 e. The fourth-order valence-corrected chi connectivity index (χ4v) is 3.28. The van der Waals surface area contributed by atoms with Crippen LogP contribution in [0.3, 0.4) is 0 Å². The Morgan fingerprint density at radius 3 is 2.23 bits per heavy atom. The van der Waals surface area contributed by atoms with Crippen molar-refractivity contribution in [2.24, 2.45) is 0 Å². The fraction of sp³-hybridized carbons (Fsp3) is 0.261. The van der Waals surface area contributed by atoms with Crippen molar-refractivity contribution in [1.82, 2.24) is 5.32 Å². The van der Waals surface area contributed by atoms with Gasteiger partial charge < -0.3 is 10.2 Å². The standard InChI is InChI=1S/C23H26N2O/c1-3-25(4-2)17-22-12-8-7-11-21(22)16-24-23(26)20-14-13-18-9-5-6-10-19(18)15-20/h5-15H,3-4,16-17H2,1-2H3,(H,24,26)/p+1. The second-order valence-electron chi connectivity index (χ2n) is 6.65. The normalized spacial score (nSPS) is 11.0. The van der Waals surface area contributed by atoms with Crippen molar-refractivity contribution < 1.29 is 9.69 Å². The van der Waals surface area contributed by atoms with Gasteiger partial charge in [0.15, 0.2) is 0 Å². The van der Waals surface area contributed by atoms with E-state index < -0.39 is 0 Å². The minimum absolute atomic E-state index is 0.0271. The lowest BCUT2D eigenvalue weighted by Gasteiger charge is -2.18. The molecule has 0 aliphatic heterocycles. The van der Waals surface area contributed by atoms with E-state index in [1.165, 1.54) is 11.1 Å². The van der Waals surface area contributed by atoms with E-state index in [9.17, 15) is 4.79 Å². The molecule has 2 N–H and O–H groups in total. The van der Waals surface area contributed by atoms with Gasteiger partial charge in [-0.25, -0.2) is 0 Å². The Balaban J connectivity index is 1.71. The van der Waals surface area contributed by atoms with Gasteiger partial charge in [0.25, 0.3) is 5.91 Å². The molecule has 0 bridgehead atoms. The molecular formula is C23H27N2O+. The SMILES string of the molecule is CC[NH+](CC)Cc1ccccc1CNC(=O)c1ccc2ccccc2c1. The van der Waals surface area contributed by atoms with Gasteiger partial charge in [0.2, 0.25) is 0 Å². The van der Waals surface area contributed by atoms with Crippen molar-refractivity contribution >= 4 is 16.7 Å². The lowest BCUT2D eigenvalue weighted by atomic mass is 10.1. The number of benzene rings is 3. The lowest BCUT2D eigenvalue weighted by Crippen LogP contribution is -3.10. The van der Waals surface area contributed by atoms with Gasteiger partial charge in [0, 0.05) is 17.7 Å². The first-order valence-electron chi connectivity index (χ1n) is 9.38. The number of hydrogen-bond acceptors (Lipinski definition) is 1. The van der Waals surface area contributed by atoms with Crippen LogP contribution in [0.5, 0.6) is 0 Å². The second kappa shape index (κ2) is 8.63.